The van der Waals surface area contributed by atoms with Crippen molar-refractivity contribution in [1.82, 2.24) is 0 Å². The minimum atomic E-state index is -4.63. The van der Waals surface area contributed by atoms with Gasteiger partial charge in [-0.3, -0.25) is 9.69 Å². The van der Waals surface area contributed by atoms with E-state index in [0.717, 1.165) is 53.4 Å². The van der Waals surface area contributed by atoms with Crippen molar-refractivity contribution < 1.29 is 49.0 Å². The van der Waals surface area contributed by atoms with Gasteiger partial charge in [-0.2, -0.15) is 39.5 Å². The van der Waals surface area contributed by atoms with E-state index in [2.05, 4.69) is 5.32 Å². The van der Waals surface area contributed by atoms with E-state index in [1.165, 1.54) is 30.3 Å². The highest BCUT2D eigenvalue weighted by Gasteiger charge is 2.37. The standard InChI is InChI=1S/C26H17F9N2O2/c27-24(28,29)14-39-20-3-1-2-15(12-20)22-13-21(36-18-8-4-16(5-9-18)25(30,31)32)23(38)37(22)19-10-6-17(7-11-19)26(33,34)35/h1-13,22,36H,14H2. The molecule has 1 aliphatic heterocycles. The van der Waals surface area contributed by atoms with Crippen LogP contribution in [0.5, 0.6) is 5.75 Å². The Bertz CT molecular complexity index is 1360. The predicted octanol–water partition coefficient (Wildman–Crippen LogP) is 7.75. The summed E-state index contributed by atoms with van der Waals surface area (Å²) < 4.78 is 120. The number of hydrogen-bond donors (Lipinski definition) is 1. The zero-order chi connectivity index (χ0) is 28.6. The molecule has 13 heteroatoms. The second-order valence-electron chi connectivity index (χ2n) is 8.42. The van der Waals surface area contributed by atoms with Crippen LogP contribution in [-0.2, 0) is 17.1 Å². The number of ether oxygens (including phenoxy) is 1. The average Bonchev–Trinajstić information content (AvgIpc) is 3.17. The first-order chi connectivity index (χ1) is 18.1. The van der Waals surface area contributed by atoms with Crippen LogP contribution in [0.2, 0.25) is 0 Å². The van der Waals surface area contributed by atoms with Crippen molar-refractivity contribution in [1.29, 1.82) is 0 Å². The highest BCUT2D eigenvalue weighted by molar-refractivity contribution is 6.11. The number of anilines is 2. The first-order valence-electron chi connectivity index (χ1n) is 11.1. The van der Waals surface area contributed by atoms with Crippen LogP contribution < -0.4 is 15.0 Å². The number of carbonyl (C=O) groups is 1. The highest BCUT2D eigenvalue weighted by Crippen LogP contribution is 2.39. The Labute approximate surface area is 215 Å². The minimum Gasteiger partial charge on any atom is -0.484 e. The van der Waals surface area contributed by atoms with Crippen molar-refractivity contribution in [3.63, 3.8) is 0 Å². The molecule has 3 aromatic carbocycles. The number of carbonyl (C=O) groups excluding carboxylic acids is 1. The predicted molar refractivity (Wildman–Crippen MR) is 123 cm³/mol. The second kappa shape index (κ2) is 10.2. The fourth-order valence-corrected chi connectivity index (χ4v) is 3.84. The summed E-state index contributed by atoms with van der Waals surface area (Å²) in [4.78, 5) is 14.5. The summed E-state index contributed by atoms with van der Waals surface area (Å²) in [5.41, 5.74) is -1.56. The summed E-state index contributed by atoms with van der Waals surface area (Å²) in [6.45, 7) is -1.57. The number of nitrogens with zero attached hydrogens (tertiary/aromatic N) is 1. The maximum Gasteiger partial charge on any atom is 0.422 e. The number of hydrogen-bond acceptors (Lipinski definition) is 3. The molecule has 0 saturated carbocycles. The fraction of sp³-hybridized carbons (Fsp3) is 0.192. The molecule has 0 aliphatic carbocycles. The lowest BCUT2D eigenvalue weighted by atomic mass is 10.1. The van der Waals surface area contributed by atoms with Gasteiger partial charge in [0.1, 0.15) is 11.4 Å². The Morgan fingerprint density at radius 3 is 1.87 bits per heavy atom. The zero-order valence-corrected chi connectivity index (χ0v) is 19.5. The molecule has 39 heavy (non-hydrogen) atoms. The average molecular weight is 560 g/mol. The van der Waals surface area contributed by atoms with Crippen molar-refractivity contribution in [2.45, 2.75) is 24.6 Å². The Morgan fingerprint density at radius 2 is 1.33 bits per heavy atom. The lowest BCUT2D eigenvalue weighted by Gasteiger charge is -2.26. The van der Waals surface area contributed by atoms with Crippen LogP contribution in [-0.4, -0.2) is 18.7 Å². The smallest absolute Gasteiger partial charge is 0.422 e. The third-order valence-electron chi connectivity index (χ3n) is 5.62. The van der Waals surface area contributed by atoms with E-state index in [1.54, 1.807) is 0 Å². The van der Waals surface area contributed by atoms with E-state index in [0.29, 0.717) is 0 Å². The molecule has 4 nitrogen and oxygen atoms in total. The maximum absolute atomic E-state index is 13.4. The van der Waals surface area contributed by atoms with E-state index in [9.17, 15) is 44.3 Å². The molecular weight excluding hydrogens is 543 g/mol. The zero-order valence-electron chi connectivity index (χ0n) is 19.5. The van der Waals surface area contributed by atoms with E-state index >= 15 is 0 Å². The number of alkyl halides is 9. The molecule has 0 aromatic heterocycles. The molecule has 0 saturated heterocycles. The van der Waals surface area contributed by atoms with E-state index in [1.807, 2.05) is 0 Å². The third kappa shape index (κ3) is 6.65. The van der Waals surface area contributed by atoms with Crippen LogP contribution in [0.1, 0.15) is 22.7 Å². The van der Waals surface area contributed by atoms with Gasteiger partial charge in [-0.05, 0) is 72.3 Å². The molecule has 1 unspecified atom stereocenters. The van der Waals surface area contributed by atoms with Gasteiger partial charge in [-0.1, -0.05) is 12.1 Å². The first-order valence-corrected chi connectivity index (χ1v) is 11.1. The molecule has 0 radical (unpaired) electrons. The van der Waals surface area contributed by atoms with E-state index in [4.69, 9.17) is 4.74 Å². The maximum atomic E-state index is 13.4. The van der Waals surface area contributed by atoms with Gasteiger partial charge >= 0.3 is 18.5 Å². The van der Waals surface area contributed by atoms with Crippen LogP contribution in [0.25, 0.3) is 0 Å². The van der Waals surface area contributed by atoms with Crippen molar-refractivity contribution in [2.75, 3.05) is 16.8 Å². The number of rotatable bonds is 6. The highest BCUT2D eigenvalue weighted by atomic mass is 19.4. The summed E-state index contributed by atoms with van der Waals surface area (Å²) in [5.74, 6) is -0.900. The molecule has 0 bridgehead atoms. The summed E-state index contributed by atoms with van der Waals surface area (Å²) in [6, 6.07) is 11.8. The summed E-state index contributed by atoms with van der Waals surface area (Å²) in [7, 11) is 0. The quantitative estimate of drug-likeness (QED) is 0.314. The molecular formula is C26H17F9N2O2. The molecule has 0 spiro atoms. The molecule has 3 aromatic rings. The third-order valence-corrected chi connectivity index (χ3v) is 5.62. The van der Waals surface area contributed by atoms with Gasteiger partial charge in [-0.25, -0.2) is 0 Å². The fourth-order valence-electron chi connectivity index (χ4n) is 3.84. The summed E-state index contributed by atoms with van der Waals surface area (Å²) in [5, 5.41) is 2.71. The normalized spacial score (nSPS) is 16.3. The number of amides is 1. The molecule has 1 atom stereocenters. The lowest BCUT2D eigenvalue weighted by molar-refractivity contribution is -0.153. The molecule has 1 aliphatic rings. The number of nitrogens with one attached hydrogen (secondary N) is 1. The second-order valence-corrected chi connectivity index (χ2v) is 8.42. The van der Waals surface area contributed by atoms with Crippen molar-refractivity contribution >= 4 is 17.3 Å². The largest absolute Gasteiger partial charge is 0.484 e. The van der Waals surface area contributed by atoms with E-state index in [-0.39, 0.29) is 28.4 Å². The van der Waals surface area contributed by atoms with Crippen LogP contribution >= 0.6 is 0 Å². The van der Waals surface area contributed by atoms with Gasteiger partial charge in [0, 0.05) is 11.4 Å². The molecule has 206 valence electrons. The topological polar surface area (TPSA) is 41.6 Å². The van der Waals surface area contributed by atoms with Gasteiger partial charge in [0.05, 0.1) is 17.2 Å². The molecule has 1 N–H and O–H groups in total. The monoisotopic (exact) mass is 560 g/mol. The molecule has 1 amide bonds. The van der Waals surface area contributed by atoms with Crippen molar-refractivity contribution in [3.05, 3.63) is 101 Å². The van der Waals surface area contributed by atoms with Gasteiger partial charge in [0.2, 0.25) is 0 Å². The SMILES string of the molecule is O=C1C(Nc2ccc(C(F)(F)F)cc2)=CC(c2cccc(OCC(F)(F)F)c2)N1c1ccc(C(F)(F)F)cc1. The lowest BCUT2D eigenvalue weighted by Crippen LogP contribution is -2.31. The Hall–Kier alpha value is -4.16. The van der Waals surface area contributed by atoms with Crippen molar-refractivity contribution in [2.24, 2.45) is 0 Å². The molecule has 0 fully saturated rings. The van der Waals surface area contributed by atoms with Gasteiger partial charge in [0.15, 0.2) is 6.61 Å². The Kier molecular flexibility index (Phi) is 7.28. The minimum absolute atomic E-state index is 0.0417. The van der Waals surface area contributed by atoms with E-state index < -0.39 is 48.2 Å². The van der Waals surface area contributed by atoms with Gasteiger partial charge in [0.25, 0.3) is 5.91 Å². The Morgan fingerprint density at radius 1 is 0.769 bits per heavy atom. The van der Waals surface area contributed by atoms with Crippen LogP contribution in [0.15, 0.2) is 84.6 Å². The Balaban J connectivity index is 1.68. The van der Waals surface area contributed by atoms with Crippen LogP contribution in [0, 0.1) is 0 Å². The summed E-state index contributed by atoms with van der Waals surface area (Å²) >= 11 is 0. The molecule has 4 rings (SSSR count). The number of halogens is 9. The van der Waals surface area contributed by atoms with Crippen molar-refractivity contribution in [3.8, 4) is 5.75 Å². The first kappa shape index (κ1) is 27.9. The van der Waals surface area contributed by atoms with Gasteiger partial charge in [-0.15, -0.1) is 0 Å². The summed E-state index contributed by atoms with van der Waals surface area (Å²) in [6.07, 6.45) is -12.5. The van der Waals surface area contributed by atoms with Crippen LogP contribution in [0.4, 0.5) is 50.9 Å². The van der Waals surface area contributed by atoms with Crippen LogP contribution in [0.3, 0.4) is 0 Å². The molecule has 1 heterocycles. The van der Waals surface area contributed by atoms with Gasteiger partial charge < -0.3 is 10.1 Å². The number of benzene rings is 3.